The summed E-state index contributed by atoms with van der Waals surface area (Å²) >= 11 is 0. The minimum Gasteiger partial charge on any atom is -0.393 e. The van der Waals surface area contributed by atoms with Crippen LogP contribution in [0.2, 0.25) is 0 Å². The zero-order valence-corrected chi connectivity index (χ0v) is 18.9. The Balaban J connectivity index is 1.39. The van der Waals surface area contributed by atoms with Gasteiger partial charge in [-0.1, -0.05) is 12.8 Å². The van der Waals surface area contributed by atoms with Gasteiger partial charge in [0.1, 0.15) is 22.8 Å². The number of hydrogen-bond donors (Lipinski definition) is 3. The van der Waals surface area contributed by atoms with Crippen LogP contribution in [-0.2, 0) is 6.42 Å². The van der Waals surface area contributed by atoms with Gasteiger partial charge in [0.2, 0.25) is 5.95 Å². The number of anilines is 2. The molecule has 34 heavy (non-hydrogen) atoms. The van der Waals surface area contributed by atoms with Crippen LogP contribution in [0.5, 0.6) is 0 Å². The van der Waals surface area contributed by atoms with Gasteiger partial charge in [-0.15, -0.1) is 0 Å². The van der Waals surface area contributed by atoms with E-state index < -0.39 is 23.1 Å². The average molecular weight is 475 g/mol. The third-order valence-corrected chi connectivity index (χ3v) is 6.89. The lowest BCUT2D eigenvalue weighted by Gasteiger charge is -2.26. The first-order valence-corrected chi connectivity index (χ1v) is 12.0. The molecule has 2 aliphatic rings. The Kier molecular flexibility index (Phi) is 6.69. The largest absolute Gasteiger partial charge is 0.393 e. The summed E-state index contributed by atoms with van der Waals surface area (Å²) in [5, 5.41) is 15.9. The lowest BCUT2D eigenvalue weighted by atomic mass is 9.93. The normalized spacial score (nSPS) is 21.4. The molecular weight excluding hydrogens is 445 g/mol. The maximum atomic E-state index is 14.3. The Bertz CT molecular complexity index is 1130. The number of hydrogen-bond acceptors (Lipinski definition) is 6. The van der Waals surface area contributed by atoms with E-state index in [0.717, 1.165) is 57.9 Å². The summed E-state index contributed by atoms with van der Waals surface area (Å²) in [6.07, 6.45) is 9.62. The Morgan fingerprint density at radius 1 is 0.971 bits per heavy atom. The van der Waals surface area contributed by atoms with Gasteiger partial charge in [0.25, 0.3) is 0 Å². The Hall–Kier alpha value is -2.72. The van der Waals surface area contributed by atoms with Crippen LogP contribution in [0.1, 0.15) is 63.2 Å². The molecule has 3 N–H and O–H groups in total. The Labute approximate surface area is 195 Å². The van der Waals surface area contributed by atoms with E-state index in [-0.39, 0.29) is 18.1 Å². The molecule has 5 rings (SSSR count). The van der Waals surface area contributed by atoms with Crippen molar-refractivity contribution in [2.75, 3.05) is 11.9 Å². The highest BCUT2D eigenvalue weighted by Gasteiger charge is 2.26. The molecule has 0 saturated heterocycles. The van der Waals surface area contributed by atoms with Crippen molar-refractivity contribution in [2.24, 2.45) is 0 Å². The number of halogens is 3. The Morgan fingerprint density at radius 2 is 1.68 bits per heavy atom. The quantitative estimate of drug-likeness (QED) is 0.466. The first kappa shape index (κ1) is 23.0. The van der Waals surface area contributed by atoms with Crippen molar-refractivity contribution in [3.63, 3.8) is 0 Å². The second-order valence-electron chi connectivity index (χ2n) is 9.32. The van der Waals surface area contributed by atoms with E-state index in [1.165, 1.54) is 0 Å². The van der Waals surface area contributed by atoms with Gasteiger partial charge in [-0.05, 0) is 38.5 Å². The monoisotopic (exact) mass is 474 g/mol. The number of aliphatic hydroxyl groups excluding tert-OH is 1. The first-order chi connectivity index (χ1) is 16.5. The topological polar surface area (TPSA) is 87.9 Å². The van der Waals surface area contributed by atoms with Crippen LogP contribution < -0.4 is 10.6 Å². The van der Waals surface area contributed by atoms with Crippen molar-refractivity contribution in [2.45, 2.75) is 76.0 Å². The molecule has 0 bridgehead atoms. The van der Waals surface area contributed by atoms with Crippen LogP contribution >= 0.6 is 0 Å². The molecule has 0 spiro atoms. The van der Waals surface area contributed by atoms with E-state index in [1.54, 1.807) is 6.20 Å². The summed E-state index contributed by atoms with van der Waals surface area (Å²) in [5.74, 6) is -2.07. The number of aromatic nitrogens is 4. The van der Waals surface area contributed by atoms with Crippen LogP contribution in [0.25, 0.3) is 11.2 Å². The fraction of sp³-hybridized carbons (Fsp3) is 0.542. The molecule has 2 saturated carbocycles. The third kappa shape index (κ3) is 4.88. The number of aliphatic hydroxyl groups is 1. The van der Waals surface area contributed by atoms with Gasteiger partial charge in [-0.25, -0.2) is 28.1 Å². The molecule has 2 aliphatic carbocycles. The van der Waals surface area contributed by atoms with Crippen molar-refractivity contribution < 1.29 is 18.3 Å². The number of rotatable bonds is 7. The fourth-order valence-electron chi connectivity index (χ4n) is 5.08. The molecule has 2 heterocycles. The first-order valence-electron chi connectivity index (χ1n) is 12.0. The van der Waals surface area contributed by atoms with E-state index in [4.69, 9.17) is 4.98 Å². The molecule has 0 radical (unpaired) electrons. The fourth-order valence-corrected chi connectivity index (χ4v) is 5.08. The highest BCUT2D eigenvalue weighted by molar-refractivity contribution is 5.75. The summed E-state index contributed by atoms with van der Waals surface area (Å²) in [5.41, 5.74) is 0.726. The van der Waals surface area contributed by atoms with Crippen LogP contribution in [0.4, 0.5) is 24.8 Å². The van der Waals surface area contributed by atoms with Crippen molar-refractivity contribution >= 4 is 22.8 Å². The van der Waals surface area contributed by atoms with E-state index >= 15 is 0 Å². The predicted molar refractivity (Wildman–Crippen MR) is 122 cm³/mol. The molecule has 0 unspecified atom stereocenters. The molecule has 2 aromatic heterocycles. The minimum atomic E-state index is -1.02. The maximum absolute atomic E-state index is 14.3. The standard InChI is InChI=1S/C24H29F3N6O/c25-14-11-18(26)22(19(27)12-14)32-24-30-20-13-29-21(9-10-28-15-5-7-17(34)8-6-15)31-23(20)33(24)16-3-1-2-4-16/h11-13,15-17,28,34H,1-10H2,(H,30,32). The van der Waals surface area contributed by atoms with Crippen molar-refractivity contribution in [3.05, 3.63) is 41.6 Å². The summed E-state index contributed by atoms with van der Waals surface area (Å²) in [4.78, 5) is 13.7. The second-order valence-corrected chi connectivity index (χ2v) is 9.32. The van der Waals surface area contributed by atoms with Crippen LogP contribution in [-0.4, -0.2) is 43.3 Å². The van der Waals surface area contributed by atoms with E-state index in [2.05, 4.69) is 20.6 Å². The molecule has 7 nitrogen and oxygen atoms in total. The number of fused-ring (bicyclic) bond motifs is 1. The van der Waals surface area contributed by atoms with Crippen molar-refractivity contribution in [3.8, 4) is 0 Å². The number of benzene rings is 1. The van der Waals surface area contributed by atoms with Crippen LogP contribution in [0, 0.1) is 17.5 Å². The smallest absolute Gasteiger partial charge is 0.210 e. The summed E-state index contributed by atoms with van der Waals surface area (Å²) in [6, 6.07) is 1.79. The van der Waals surface area contributed by atoms with Gasteiger partial charge in [-0.2, -0.15) is 0 Å². The molecule has 182 valence electrons. The van der Waals surface area contributed by atoms with E-state index in [1.807, 2.05) is 4.57 Å². The predicted octanol–water partition coefficient (Wildman–Crippen LogP) is 4.54. The number of nitrogens with zero attached hydrogens (tertiary/aromatic N) is 4. The van der Waals surface area contributed by atoms with Crippen molar-refractivity contribution in [1.82, 2.24) is 24.8 Å². The lowest BCUT2D eigenvalue weighted by Crippen LogP contribution is -2.35. The maximum Gasteiger partial charge on any atom is 0.210 e. The molecule has 0 amide bonds. The van der Waals surface area contributed by atoms with Gasteiger partial charge < -0.3 is 15.7 Å². The molecule has 3 aromatic rings. The summed E-state index contributed by atoms with van der Waals surface area (Å²) in [6.45, 7) is 0.723. The summed E-state index contributed by atoms with van der Waals surface area (Å²) < 4.78 is 43.9. The zero-order valence-electron chi connectivity index (χ0n) is 18.9. The highest BCUT2D eigenvalue weighted by Crippen LogP contribution is 2.36. The van der Waals surface area contributed by atoms with Gasteiger partial charge in [-0.3, -0.25) is 4.57 Å². The van der Waals surface area contributed by atoms with Crippen LogP contribution in [0.15, 0.2) is 18.3 Å². The molecule has 0 aliphatic heterocycles. The molecule has 2 fully saturated rings. The summed E-state index contributed by atoms with van der Waals surface area (Å²) in [7, 11) is 0. The lowest BCUT2D eigenvalue weighted by molar-refractivity contribution is 0.117. The number of nitrogens with one attached hydrogen (secondary N) is 2. The number of imidazole rings is 1. The SMILES string of the molecule is OC1CCC(NCCc2ncc3nc(Nc4c(F)cc(F)cc4F)n(C4CCCC4)c3n2)CC1. The second kappa shape index (κ2) is 9.87. The van der Waals surface area contributed by atoms with Crippen LogP contribution in [0.3, 0.4) is 0 Å². The highest BCUT2D eigenvalue weighted by atomic mass is 19.1. The average Bonchev–Trinajstić information content (AvgIpc) is 3.44. The molecule has 0 atom stereocenters. The molecular formula is C24H29F3N6O. The van der Waals surface area contributed by atoms with Gasteiger partial charge in [0.05, 0.1) is 12.3 Å². The Morgan fingerprint density at radius 3 is 2.38 bits per heavy atom. The molecule has 10 heteroatoms. The van der Waals surface area contributed by atoms with Gasteiger partial charge >= 0.3 is 0 Å². The van der Waals surface area contributed by atoms with Crippen molar-refractivity contribution in [1.29, 1.82) is 0 Å². The zero-order chi connectivity index (χ0) is 23.7. The van der Waals surface area contributed by atoms with E-state index in [0.29, 0.717) is 41.6 Å². The van der Waals surface area contributed by atoms with Gasteiger partial charge in [0, 0.05) is 37.2 Å². The minimum absolute atomic E-state index is 0.105. The third-order valence-electron chi connectivity index (χ3n) is 6.89. The van der Waals surface area contributed by atoms with E-state index in [9.17, 15) is 18.3 Å². The van der Waals surface area contributed by atoms with Gasteiger partial charge in [0.15, 0.2) is 17.3 Å². The molecule has 1 aromatic carbocycles.